The summed E-state index contributed by atoms with van der Waals surface area (Å²) in [5, 5.41) is 12.8. The van der Waals surface area contributed by atoms with Crippen molar-refractivity contribution in [2.24, 2.45) is 0 Å². The Kier molecular flexibility index (Phi) is 6.34. The van der Waals surface area contributed by atoms with E-state index in [-0.39, 0.29) is 17.0 Å². The van der Waals surface area contributed by atoms with Crippen LogP contribution in [0.1, 0.15) is 31.8 Å². The lowest BCUT2D eigenvalue weighted by Crippen LogP contribution is -2.48. The van der Waals surface area contributed by atoms with Crippen molar-refractivity contribution in [1.29, 1.82) is 0 Å². The minimum absolute atomic E-state index is 0.150. The molecule has 1 amide bonds. The van der Waals surface area contributed by atoms with E-state index in [0.29, 0.717) is 29.7 Å². The Labute approximate surface area is 185 Å². The van der Waals surface area contributed by atoms with Crippen LogP contribution in [0.5, 0.6) is 0 Å². The zero-order valence-corrected chi connectivity index (χ0v) is 17.9. The second kappa shape index (κ2) is 9.33. The van der Waals surface area contributed by atoms with Gasteiger partial charge >= 0.3 is 5.97 Å². The normalized spacial score (nSPS) is 15.0. The molecule has 3 N–H and O–H groups in total. The predicted molar refractivity (Wildman–Crippen MR) is 122 cm³/mol. The molecule has 1 aromatic heterocycles. The van der Waals surface area contributed by atoms with Crippen LogP contribution in [0, 0.1) is 0 Å². The number of hydrogen-bond donors (Lipinski definition) is 3. The van der Waals surface area contributed by atoms with Gasteiger partial charge in [0.1, 0.15) is 0 Å². The van der Waals surface area contributed by atoms with Gasteiger partial charge in [-0.3, -0.25) is 14.5 Å². The van der Waals surface area contributed by atoms with Crippen molar-refractivity contribution in [2.45, 2.75) is 6.42 Å². The lowest BCUT2D eigenvalue weighted by molar-refractivity contribution is 0.0696. The van der Waals surface area contributed by atoms with Gasteiger partial charge in [-0.25, -0.2) is 4.79 Å². The minimum Gasteiger partial charge on any atom is -0.478 e. The second-order valence-corrected chi connectivity index (χ2v) is 8.19. The van der Waals surface area contributed by atoms with Crippen LogP contribution < -0.4 is 10.9 Å². The Morgan fingerprint density at radius 1 is 1.00 bits per heavy atom. The van der Waals surface area contributed by atoms with Crippen LogP contribution in [0.25, 0.3) is 10.9 Å². The zero-order chi connectivity index (χ0) is 22.7. The molecule has 0 bridgehead atoms. The van der Waals surface area contributed by atoms with Crippen LogP contribution in [0.15, 0.2) is 53.3 Å². The van der Waals surface area contributed by atoms with E-state index in [2.05, 4.69) is 27.1 Å². The number of carbonyl (C=O) groups excluding carboxylic acids is 1. The number of carboxylic acids is 1. The molecule has 0 atom stereocenters. The van der Waals surface area contributed by atoms with Crippen molar-refractivity contribution in [3.63, 3.8) is 0 Å². The summed E-state index contributed by atoms with van der Waals surface area (Å²) in [7, 11) is 2.09. The molecule has 8 heteroatoms. The molecular weight excluding hydrogens is 408 g/mol. The first-order valence-corrected chi connectivity index (χ1v) is 10.6. The number of benzene rings is 2. The summed E-state index contributed by atoms with van der Waals surface area (Å²) in [6, 6.07) is 13.5. The van der Waals surface area contributed by atoms with Gasteiger partial charge in [-0.15, -0.1) is 0 Å². The Morgan fingerprint density at radius 3 is 2.38 bits per heavy atom. The van der Waals surface area contributed by atoms with E-state index < -0.39 is 5.97 Å². The molecule has 1 aliphatic rings. The summed E-state index contributed by atoms with van der Waals surface area (Å²) >= 11 is 0. The maximum atomic E-state index is 12.7. The van der Waals surface area contributed by atoms with Gasteiger partial charge in [0.2, 0.25) is 0 Å². The third kappa shape index (κ3) is 5.04. The molecule has 2 heterocycles. The molecular formula is C24H26N4O4. The molecule has 0 saturated carbocycles. The lowest BCUT2D eigenvalue weighted by atomic mass is 10.0. The molecule has 1 saturated heterocycles. The number of aromatic amines is 1. The average Bonchev–Trinajstić information content (AvgIpc) is 2.79. The van der Waals surface area contributed by atoms with Gasteiger partial charge in [0, 0.05) is 49.2 Å². The maximum Gasteiger partial charge on any atom is 0.335 e. The van der Waals surface area contributed by atoms with Crippen LogP contribution in [-0.2, 0) is 6.42 Å². The Hall–Kier alpha value is -3.49. The van der Waals surface area contributed by atoms with Crippen molar-refractivity contribution in [3.05, 3.63) is 81.1 Å². The van der Waals surface area contributed by atoms with Crippen LogP contribution in [0.4, 0.5) is 0 Å². The molecule has 0 spiro atoms. The van der Waals surface area contributed by atoms with Gasteiger partial charge in [0.25, 0.3) is 11.5 Å². The number of fused-ring (bicyclic) bond motifs is 1. The number of nitrogens with zero attached hydrogens (tertiary/aromatic N) is 2. The highest BCUT2D eigenvalue weighted by Crippen LogP contribution is 2.16. The monoisotopic (exact) mass is 434 g/mol. The van der Waals surface area contributed by atoms with Gasteiger partial charge in [-0.05, 0) is 54.4 Å². The fraction of sp³-hybridized carbons (Fsp3) is 0.292. The second-order valence-electron chi connectivity index (χ2n) is 8.19. The molecule has 0 aliphatic carbocycles. The molecule has 1 fully saturated rings. The van der Waals surface area contributed by atoms with Gasteiger partial charge in [0.15, 0.2) is 0 Å². The van der Waals surface area contributed by atoms with Crippen molar-refractivity contribution in [3.8, 4) is 0 Å². The van der Waals surface area contributed by atoms with Gasteiger partial charge in [-0.1, -0.05) is 12.1 Å². The summed E-state index contributed by atoms with van der Waals surface area (Å²) in [4.78, 5) is 43.5. The van der Waals surface area contributed by atoms with Crippen molar-refractivity contribution >= 4 is 22.8 Å². The number of hydrogen-bond acceptors (Lipinski definition) is 5. The number of carboxylic acid groups (broad SMARTS) is 1. The van der Waals surface area contributed by atoms with Gasteiger partial charge in [0.05, 0.1) is 12.2 Å². The van der Waals surface area contributed by atoms with E-state index >= 15 is 0 Å². The molecule has 166 valence electrons. The zero-order valence-electron chi connectivity index (χ0n) is 17.9. The molecule has 1 aliphatic heterocycles. The molecule has 8 nitrogen and oxygen atoms in total. The number of H-pyrrole nitrogens is 1. The quantitative estimate of drug-likeness (QED) is 0.546. The SMILES string of the molecule is CN1CCN(CNC(=O)c2ccc3[nH]c(=O)c(Cc4ccc(C(=O)O)cc4)cc3c2)CC1. The fourth-order valence-electron chi connectivity index (χ4n) is 3.80. The van der Waals surface area contributed by atoms with Crippen LogP contribution in [0.3, 0.4) is 0 Å². The first-order chi connectivity index (χ1) is 15.4. The Balaban J connectivity index is 1.49. The number of amides is 1. The van der Waals surface area contributed by atoms with Crippen LogP contribution in [-0.4, -0.2) is 71.7 Å². The highest BCUT2D eigenvalue weighted by Gasteiger charge is 2.15. The number of likely N-dealkylation sites (N-methyl/N-ethyl adjacent to an activating group) is 1. The van der Waals surface area contributed by atoms with Gasteiger partial charge < -0.3 is 20.3 Å². The highest BCUT2D eigenvalue weighted by atomic mass is 16.4. The molecule has 32 heavy (non-hydrogen) atoms. The summed E-state index contributed by atoms with van der Waals surface area (Å²) in [6.45, 7) is 4.33. The molecule has 0 radical (unpaired) electrons. The largest absolute Gasteiger partial charge is 0.478 e. The van der Waals surface area contributed by atoms with Crippen LogP contribution >= 0.6 is 0 Å². The van der Waals surface area contributed by atoms with E-state index in [9.17, 15) is 14.4 Å². The smallest absolute Gasteiger partial charge is 0.335 e. The minimum atomic E-state index is -0.987. The third-order valence-electron chi connectivity index (χ3n) is 5.84. The predicted octanol–water partition coefficient (Wildman–Crippen LogP) is 1.75. The van der Waals surface area contributed by atoms with Crippen molar-refractivity contribution < 1.29 is 14.7 Å². The van der Waals surface area contributed by atoms with E-state index in [1.165, 1.54) is 12.1 Å². The first kappa shape index (κ1) is 21.7. The number of piperazine rings is 1. The highest BCUT2D eigenvalue weighted by molar-refractivity contribution is 5.98. The topological polar surface area (TPSA) is 106 Å². The molecule has 4 rings (SSSR count). The number of rotatable bonds is 6. The van der Waals surface area contributed by atoms with E-state index in [4.69, 9.17) is 5.11 Å². The van der Waals surface area contributed by atoms with E-state index in [1.807, 2.05) is 0 Å². The fourth-order valence-corrected chi connectivity index (χ4v) is 3.80. The molecule has 0 unspecified atom stereocenters. The summed E-state index contributed by atoms with van der Waals surface area (Å²) in [5.41, 5.74) is 2.59. The Morgan fingerprint density at radius 2 is 1.69 bits per heavy atom. The standard InChI is InChI=1S/C24H26N4O4/c1-27-8-10-28(11-9-27)15-25-22(29)18-6-7-21-19(13-18)14-20(23(30)26-21)12-16-2-4-17(5-3-16)24(31)32/h2-7,13-14H,8-12,15H2,1H3,(H,25,29)(H,26,30)(H,31,32). The van der Waals surface area contributed by atoms with Crippen molar-refractivity contribution in [2.75, 3.05) is 39.9 Å². The summed E-state index contributed by atoms with van der Waals surface area (Å²) < 4.78 is 0. The lowest BCUT2D eigenvalue weighted by Gasteiger charge is -2.32. The van der Waals surface area contributed by atoms with Crippen molar-refractivity contribution in [1.82, 2.24) is 20.1 Å². The first-order valence-electron chi connectivity index (χ1n) is 10.6. The number of nitrogens with one attached hydrogen (secondary N) is 2. The maximum absolute atomic E-state index is 12.7. The Bertz CT molecular complexity index is 1190. The molecule has 3 aromatic rings. The third-order valence-corrected chi connectivity index (χ3v) is 5.84. The molecule has 2 aromatic carbocycles. The number of aromatic nitrogens is 1. The van der Waals surface area contributed by atoms with E-state index in [0.717, 1.165) is 37.1 Å². The van der Waals surface area contributed by atoms with E-state index in [1.54, 1.807) is 36.4 Å². The van der Waals surface area contributed by atoms with Crippen LogP contribution in [0.2, 0.25) is 0 Å². The number of carbonyl (C=O) groups is 2. The number of pyridine rings is 1. The van der Waals surface area contributed by atoms with Gasteiger partial charge in [-0.2, -0.15) is 0 Å². The number of aromatic carboxylic acids is 1. The summed E-state index contributed by atoms with van der Waals surface area (Å²) in [5.74, 6) is -1.14. The summed E-state index contributed by atoms with van der Waals surface area (Å²) in [6.07, 6.45) is 0.366. The average molecular weight is 434 g/mol.